The van der Waals surface area contributed by atoms with E-state index in [1.54, 1.807) is 35.9 Å². The molecule has 0 aliphatic heterocycles. The van der Waals surface area contributed by atoms with E-state index in [1.165, 1.54) is 23.1 Å². The number of nitrogens with zero attached hydrogens (tertiary/aromatic N) is 2. The lowest BCUT2D eigenvalue weighted by Crippen LogP contribution is -2.21. The molecule has 0 radical (unpaired) electrons. The van der Waals surface area contributed by atoms with Crippen LogP contribution in [0.5, 0.6) is 5.75 Å². The van der Waals surface area contributed by atoms with Crippen LogP contribution in [-0.2, 0) is 0 Å². The number of hydrogen-bond donors (Lipinski definition) is 0. The molecule has 0 atom stereocenters. The minimum atomic E-state index is -0.139. The Kier molecular flexibility index (Phi) is 5.27. The molecule has 0 amide bonds. The van der Waals surface area contributed by atoms with Crippen LogP contribution in [0.2, 0.25) is 0 Å². The summed E-state index contributed by atoms with van der Waals surface area (Å²) in [5.74, 6) is 0.893. The second-order valence-electron chi connectivity index (χ2n) is 5.95. The van der Waals surface area contributed by atoms with Gasteiger partial charge in [0.15, 0.2) is 10.9 Å². The Bertz CT molecular complexity index is 1180. The minimum absolute atomic E-state index is 0.00783. The summed E-state index contributed by atoms with van der Waals surface area (Å²) in [6.45, 7) is 0. The van der Waals surface area contributed by atoms with Gasteiger partial charge in [0.1, 0.15) is 10.4 Å². The summed E-state index contributed by atoms with van der Waals surface area (Å²) in [5, 5.41) is 2.34. The number of carbonyl (C=O) groups is 1. The van der Waals surface area contributed by atoms with E-state index < -0.39 is 0 Å². The molecule has 0 saturated heterocycles. The second-order valence-corrected chi connectivity index (χ2v) is 7.80. The van der Waals surface area contributed by atoms with Crippen molar-refractivity contribution in [3.63, 3.8) is 0 Å². The second kappa shape index (κ2) is 8.00. The highest BCUT2D eigenvalue weighted by molar-refractivity contribution is 7.99. The highest BCUT2D eigenvalue weighted by Gasteiger charge is 2.16. The van der Waals surface area contributed by atoms with Crippen LogP contribution < -0.4 is 10.3 Å². The van der Waals surface area contributed by atoms with Crippen LogP contribution in [0, 0.1) is 0 Å². The van der Waals surface area contributed by atoms with Gasteiger partial charge in [0.2, 0.25) is 0 Å². The molecule has 140 valence electrons. The molecular formula is C21H16N2O3S2. The third-order valence-electron chi connectivity index (χ3n) is 4.21. The van der Waals surface area contributed by atoms with E-state index in [1.807, 2.05) is 41.8 Å². The van der Waals surface area contributed by atoms with Gasteiger partial charge in [0, 0.05) is 5.56 Å². The van der Waals surface area contributed by atoms with E-state index in [2.05, 4.69) is 4.98 Å². The smallest absolute Gasteiger partial charge is 0.276 e. The SMILES string of the molecule is COc1ccc(-n2c(SCC(=O)c3ccccc3)nc3ccsc3c2=O)cc1. The number of aromatic nitrogens is 2. The number of carbonyl (C=O) groups excluding carboxylic acids is 1. The Labute approximate surface area is 169 Å². The molecule has 0 N–H and O–H groups in total. The van der Waals surface area contributed by atoms with Gasteiger partial charge in [-0.3, -0.25) is 14.2 Å². The standard InChI is InChI=1S/C21H16N2O3S2/c1-26-16-9-7-15(8-10-16)23-20(25)19-17(11-12-27-19)22-21(23)28-13-18(24)14-5-3-2-4-6-14/h2-12H,13H2,1H3. The van der Waals surface area contributed by atoms with Crippen molar-refractivity contribution in [2.45, 2.75) is 5.16 Å². The number of methoxy groups -OCH3 is 1. The number of hydrogen-bond acceptors (Lipinski definition) is 6. The molecular weight excluding hydrogens is 392 g/mol. The maximum atomic E-state index is 13.1. The maximum Gasteiger partial charge on any atom is 0.276 e. The first-order chi connectivity index (χ1) is 13.7. The fourth-order valence-electron chi connectivity index (χ4n) is 2.79. The Morgan fingerprint density at radius 1 is 1.11 bits per heavy atom. The van der Waals surface area contributed by atoms with Gasteiger partial charge in [-0.1, -0.05) is 42.1 Å². The molecule has 0 spiro atoms. The fraction of sp³-hybridized carbons (Fsp3) is 0.0952. The van der Waals surface area contributed by atoms with Crippen LogP contribution in [0.3, 0.4) is 0 Å². The van der Waals surface area contributed by atoms with Crippen LogP contribution in [0.1, 0.15) is 10.4 Å². The molecule has 0 unspecified atom stereocenters. The zero-order valence-electron chi connectivity index (χ0n) is 15.0. The zero-order chi connectivity index (χ0) is 19.5. The molecule has 5 nitrogen and oxygen atoms in total. The number of Topliss-reactive ketones (excluding diaryl/α,β-unsaturated/α-hetero) is 1. The van der Waals surface area contributed by atoms with Crippen molar-refractivity contribution < 1.29 is 9.53 Å². The summed E-state index contributed by atoms with van der Waals surface area (Å²) >= 11 is 2.63. The number of thiophene rings is 1. The molecule has 28 heavy (non-hydrogen) atoms. The van der Waals surface area contributed by atoms with Crippen molar-refractivity contribution in [2.24, 2.45) is 0 Å². The normalized spacial score (nSPS) is 10.9. The number of ether oxygens (including phenoxy) is 1. The lowest BCUT2D eigenvalue weighted by atomic mass is 10.2. The zero-order valence-corrected chi connectivity index (χ0v) is 16.6. The van der Waals surface area contributed by atoms with Crippen LogP contribution in [0.25, 0.3) is 15.9 Å². The summed E-state index contributed by atoms with van der Waals surface area (Å²) in [6, 6.07) is 18.1. The predicted molar refractivity (Wildman–Crippen MR) is 113 cm³/mol. The topological polar surface area (TPSA) is 61.2 Å². The van der Waals surface area contributed by atoms with Gasteiger partial charge >= 0.3 is 0 Å². The molecule has 4 aromatic rings. The lowest BCUT2D eigenvalue weighted by Gasteiger charge is -2.12. The molecule has 2 aromatic carbocycles. The minimum Gasteiger partial charge on any atom is -0.497 e. The van der Waals surface area contributed by atoms with E-state index in [0.717, 1.165) is 0 Å². The van der Waals surface area contributed by atoms with E-state index in [0.29, 0.717) is 32.4 Å². The van der Waals surface area contributed by atoms with E-state index in [4.69, 9.17) is 4.74 Å². The number of ketones is 1. The summed E-state index contributed by atoms with van der Waals surface area (Å²) < 4.78 is 7.35. The molecule has 0 aliphatic carbocycles. The van der Waals surface area contributed by atoms with Crippen molar-refractivity contribution >= 4 is 39.1 Å². The Morgan fingerprint density at radius 2 is 1.86 bits per heavy atom. The number of fused-ring (bicyclic) bond motifs is 1. The van der Waals surface area contributed by atoms with Crippen molar-refractivity contribution in [1.82, 2.24) is 9.55 Å². The first-order valence-corrected chi connectivity index (χ1v) is 10.4. The largest absolute Gasteiger partial charge is 0.497 e. The van der Waals surface area contributed by atoms with Crippen LogP contribution >= 0.6 is 23.1 Å². The molecule has 2 heterocycles. The summed E-state index contributed by atoms with van der Waals surface area (Å²) in [5.41, 5.74) is 1.84. The quantitative estimate of drug-likeness (QED) is 0.268. The number of thioether (sulfide) groups is 1. The van der Waals surface area contributed by atoms with Crippen molar-refractivity contribution in [1.29, 1.82) is 0 Å². The van der Waals surface area contributed by atoms with Gasteiger partial charge in [-0.05, 0) is 35.7 Å². The molecule has 2 aromatic heterocycles. The first-order valence-electron chi connectivity index (χ1n) is 8.53. The number of benzene rings is 2. The maximum absolute atomic E-state index is 13.1. The Morgan fingerprint density at radius 3 is 2.57 bits per heavy atom. The highest BCUT2D eigenvalue weighted by Crippen LogP contribution is 2.25. The molecule has 0 fully saturated rings. The molecule has 7 heteroatoms. The Balaban J connectivity index is 1.73. The van der Waals surface area contributed by atoms with Gasteiger partial charge in [-0.2, -0.15) is 0 Å². The van der Waals surface area contributed by atoms with Crippen LogP contribution in [-0.4, -0.2) is 28.2 Å². The van der Waals surface area contributed by atoms with Gasteiger partial charge in [0.25, 0.3) is 5.56 Å². The molecule has 0 saturated carbocycles. The van der Waals surface area contributed by atoms with Gasteiger partial charge in [-0.25, -0.2) is 4.98 Å². The van der Waals surface area contributed by atoms with E-state index >= 15 is 0 Å². The van der Waals surface area contributed by atoms with E-state index in [9.17, 15) is 9.59 Å². The predicted octanol–water partition coefficient (Wildman–Crippen LogP) is 4.43. The third kappa shape index (κ3) is 3.58. The lowest BCUT2D eigenvalue weighted by molar-refractivity contribution is 0.102. The average molecular weight is 409 g/mol. The fourth-order valence-corrected chi connectivity index (χ4v) is 4.45. The summed E-state index contributed by atoms with van der Waals surface area (Å²) in [4.78, 5) is 30.2. The first kappa shape index (κ1) is 18.5. The molecule has 0 bridgehead atoms. The summed E-state index contributed by atoms with van der Waals surface area (Å²) in [6.07, 6.45) is 0. The van der Waals surface area contributed by atoms with Crippen molar-refractivity contribution in [2.75, 3.05) is 12.9 Å². The monoisotopic (exact) mass is 408 g/mol. The highest BCUT2D eigenvalue weighted by atomic mass is 32.2. The Hall–Kier alpha value is -2.90. The average Bonchev–Trinajstić information content (AvgIpc) is 3.22. The van der Waals surface area contributed by atoms with Crippen LogP contribution in [0.15, 0.2) is 76.0 Å². The van der Waals surface area contributed by atoms with Crippen molar-refractivity contribution in [3.8, 4) is 11.4 Å². The van der Waals surface area contributed by atoms with Gasteiger partial charge in [0.05, 0.1) is 24.1 Å². The van der Waals surface area contributed by atoms with Crippen molar-refractivity contribution in [3.05, 3.63) is 82.0 Å². The third-order valence-corrected chi connectivity index (χ3v) is 6.04. The number of rotatable bonds is 6. The molecule has 4 rings (SSSR count). The van der Waals surface area contributed by atoms with E-state index in [-0.39, 0.29) is 17.1 Å². The van der Waals surface area contributed by atoms with Gasteiger partial charge < -0.3 is 4.74 Å². The summed E-state index contributed by atoms with van der Waals surface area (Å²) in [7, 11) is 1.59. The van der Waals surface area contributed by atoms with Gasteiger partial charge in [-0.15, -0.1) is 11.3 Å². The molecule has 0 aliphatic rings. The van der Waals surface area contributed by atoms with Crippen LogP contribution in [0.4, 0.5) is 0 Å².